The Hall–Kier alpha value is -2.10. The molecule has 1 aromatic heterocycles. The molecule has 1 unspecified atom stereocenters. The van der Waals surface area contributed by atoms with Crippen molar-refractivity contribution in [2.45, 2.75) is 33.2 Å². The van der Waals surface area contributed by atoms with Gasteiger partial charge in [-0.05, 0) is 50.1 Å². The van der Waals surface area contributed by atoms with E-state index in [1.807, 2.05) is 45.2 Å². The highest BCUT2D eigenvalue weighted by atomic mass is 16.1. The van der Waals surface area contributed by atoms with Gasteiger partial charge in [0.05, 0.1) is 6.04 Å². The molecule has 0 aliphatic rings. The van der Waals surface area contributed by atoms with Crippen molar-refractivity contribution < 1.29 is 4.79 Å². The predicted molar refractivity (Wildman–Crippen MR) is 76.1 cm³/mol. The third-order valence-corrected chi connectivity index (χ3v) is 2.96. The number of hydrogen-bond donors (Lipinski definition) is 1. The van der Waals surface area contributed by atoms with Gasteiger partial charge in [0.1, 0.15) is 0 Å². The summed E-state index contributed by atoms with van der Waals surface area (Å²) in [6.07, 6.45) is 4.00. The summed E-state index contributed by atoms with van der Waals surface area (Å²) in [5, 5.41) is 7.08. The van der Waals surface area contributed by atoms with Crippen molar-refractivity contribution in [2.75, 3.05) is 5.32 Å². The van der Waals surface area contributed by atoms with Gasteiger partial charge in [-0.25, -0.2) is 0 Å². The molecule has 0 aliphatic heterocycles. The van der Waals surface area contributed by atoms with Crippen LogP contribution in [0.25, 0.3) is 0 Å². The van der Waals surface area contributed by atoms with E-state index in [-0.39, 0.29) is 11.9 Å². The second-order valence-corrected chi connectivity index (χ2v) is 4.96. The first kappa shape index (κ1) is 13.3. The van der Waals surface area contributed by atoms with Crippen LogP contribution in [-0.2, 0) is 4.79 Å². The molecule has 1 heterocycles. The highest BCUT2D eigenvalue weighted by molar-refractivity contribution is 5.91. The van der Waals surface area contributed by atoms with Crippen LogP contribution < -0.4 is 5.32 Å². The molecule has 100 valence electrons. The summed E-state index contributed by atoms with van der Waals surface area (Å²) in [6, 6.07) is 7.95. The smallest absolute Gasteiger partial charge is 0.226 e. The molecule has 19 heavy (non-hydrogen) atoms. The lowest BCUT2D eigenvalue weighted by atomic mass is 10.1. The maximum Gasteiger partial charge on any atom is 0.226 e. The van der Waals surface area contributed by atoms with Gasteiger partial charge in [0.2, 0.25) is 5.91 Å². The molecule has 1 atom stereocenters. The minimum Gasteiger partial charge on any atom is -0.326 e. The fraction of sp³-hybridized carbons (Fsp3) is 0.333. The maximum absolute atomic E-state index is 12.0. The molecule has 0 fully saturated rings. The number of nitrogens with zero attached hydrogens (tertiary/aromatic N) is 2. The fourth-order valence-corrected chi connectivity index (χ4v) is 2.16. The number of carbonyl (C=O) groups excluding carboxylic acids is 1. The first-order valence-corrected chi connectivity index (χ1v) is 6.42. The fourth-order valence-electron chi connectivity index (χ4n) is 2.16. The van der Waals surface area contributed by atoms with E-state index in [0.717, 1.165) is 16.8 Å². The molecular weight excluding hydrogens is 238 g/mol. The van der Waals surface area contributed by atoms with Crippen LogP contribution in [0.1, 0.15) is 30.5 Å². The van der Waals surface area contributed by atoms with E-state index in [1.54, 1.807) is 10.9 Å². The van der Waals surface area contributed by atoms with Gasteiger partial charge in [-0.3, -0.25) is 9.48 Å². The molecule has 0 spiro atoms. The van der Waals surface area contributed by atoms with Crippen molar-refractivity contribution >= 4 is 11.6 Å². The SMILES string of the molecule is Cc1cc(C)cc(NC(=O)CC(C)n2cccn2)c1. The second kappa shape index (κ2) is 5.69. The van der Waals surface area contributed by atoms with Gasteiger partial charge in [-0.15, -0.1) is 0 Å². The van der Waals surface area contributed by atoms with Crippen molar-refractivity contribution in [3.8, 4) is 0 Å². The van der Waals surface area contributed by atoms with E-state index in [0.29, 0.717) is 6.42 Å². The van der Waals surface area contributed by atoms with Gasteiger partial charge in [0.15, 0.2) is 0 Å². The zero-order valence-electron chi connectivity index (χ0n) is 11.6. The van der Waals surface area contributed by atoms with Crippen LogP contribution in [0.15, 0.2) is 36.7 Å². The summed E-state index contributed by atoms with van der Waals surface area (Å²) >= 11 is 0. The van der Waals surface area contributed by atoms with Crippen LogP contribution in [0.4, 0.5) is 5.69 Å². The summed E-state index contributed by atoms with van der Waals surface area (Å²) in [4.78, 5) is 12.0. The Morgan fingerprint density at radius 3 is 2.58 bits per heavy atom. The van der Waals surface area contributed by atoms with E-state index in [2.05, 4.69) is 16.5 Å². The molecule has 2 aromatic rings. The summed E-state index contributed by atoms with van der Waals surface area (Å²) in [5.74, 6) is 0.00741. The minimum absolute atomic E-state index is 0.00741. The van der Waals surface area contributed by atoms with Crippen LogP contribution in [0.2, 0.25) is 0 Å². The number of nitrogens with one attached hydrogen (secondary N) is 1. The number of carbonyl (C=O) groups is 1. The van der Waals surface area contributed by atoms with E-state index >= 15 is 0 Å². The molecule has 1 aromatic carbocycles. The van der Waals surface area contributed by atoms with E-state index in [4.69, 9.17) is 0 Å². The van der Waals surface area contributed by atoms with Crippen LogP contribution in [0.3, 0.4) is 0 Å². The molecule has 1 amide bonds. The van der Waals surface area contributed by atoms with Gasteiger partial charge in [-0.1, -0.05) is 6.07 Å². The summed E-state index contributed by atoms with van der Waals surface area (Å²) in [6.45, 7) is 6.03. The lowest BCUT2D eigenvalue weighted by molar-refractivity contribution is -0.116. The predicted octanol–water partition coefficient (Wildman–Crippen LogP) is 3.09. The topological polar surface area (TPSA) is 46.9 Å². The Morgan fingerprint density at radius 1 is 1.32 bits per heavy atom. The molecule has 0 saturated heterocycles. The normalized spacial score (nSPS) is 12.2. The molecule has 1 N–H and O–H groups in total. The molecule has 0 bridgehead atoms. The lowest BCUT2D eigenvalue weighted by Gasteiger charge is -2.13. The van der Waals surface area contributed by atoms with E-state index in [9.17, 15) is 4.79 Å². The van der Waals surface area contributed by atoms with Crippen molar-refractivity contribution in [1.82, 2.24) is 9.78 Å². The number of aromatic nitrogens is 2. The minimum atomic E-state index is 0.00741. The molecular formula is C15H19N3O. The maximum atomic E-state index is 12.0. The Kier molecular flexibility index (Phi) is 4.00. The molecule has 4 heteroatoms. The van der Waals surface area contributed by atoms with Gasteiger partial charge in [-0.2, -0.15) is 5.10 Å². The Morgan fingerprint density at radius 2 is 2.00 bits per heavy atom. The van der Waals surface area contributed by atoms with Crippen molar-refractivity contribution in [2.24, 2.45) is 0 Å². The average molecular weight is 257 g/mol. The molecule has 4 nitrogen and oxygen atoms in total. The van der Waals surface area contributed by atoms with Gasteiger partial charge < -0.3 is 5.32 Å². The number of anilines is 1. The van der Waals surface area contributed by atoms with Gasteiger partial charge in [0.25, 0.3) is 0 Å². The first-order chi connectivity index (χ1) is 9.04. The van der Waals surface area contributed by atoms with Gasteiger partial charge in [0, 0.05) is 24.5 Å². The Balaban J connectivity index is 1.97. The van der Waals surface area contributed by atoms with Crippen LogP contribution in [0.5, 0.6) is 0 Å². The second-order valence-electron chi connectivity index (χ2n) is 4.96. The van der Waals surface area contributed by atoms with Gasteiger partial charge >= 0.3 is 0 Å². The summed E-state index contributed by atoms with van der Waals surface area (Å²) < 4.78 is 1.79. The zero-order valence-corrected chi connectivity index (χ0v) is 11.6. The van der Waals surface area contributed by atoms with Crippen molar-refractivity contribution in [3.63, 3.8) is 0 Å². The molecule has 0 saturated carbocycles. The molecule has 0 aliphatic carbocycles. The third-order valence-electron chi connectivity index (χ3n) is 2.96. The van der Waals surface area contributed by atoms with Crippen molar-refractivity contribution in [3.05, 3.63) is 47.8 Å². The average Bonchev–Trinajstić information content (AvgIpc) is 2.80. The Labute approximate surface area is 113 Å². The quantitative estimate of drug-likeness (QED) is 0.915. The number of benzene rings is 1. The number of rotatable bonds is 4. The highest BCUT2D eigenvalue weighted by Crippen LogP contribution is 2.15. The zero-order chi connectivity index (χ0) is 13.8. The monoisotopic (exact) mass is 257 g/mol. The van der Waals surface area contributed by atoms with E-state index in [1.165, 1.54) is 0 Å². The third kappa shape index (κ3) is 3.68. The van der Waals surface area contributed by atoms with Crippen molar-refractivity contribution in [1.29, 1.82) is 0 Å². The number of hydrogen-bond acceptors (Lipinski definition) is 2. The highest BCUT2D eigenvalue weighted by Gasteiger charge is 2.11. The first-order valence-electron chi connectivity index (χ1n) is 6.42. The standard InChI is InChI=1S/C15H19N3O/c1-11-7-12(2)9-14(8-11)17-15(19)10-13(3)18-6-4-5-16-18/h4-9,13H,10H2,1-3H3,(H,17,19). The number of aryl methyl sites for hydroxylation is 2. The molecule has 2 rings (SSSR count). The number of amides is 1. The Bertz CT molecular complexity index is 541. The largest absolute Gasteiger partial charge is 0.326 e. The summed E-state index contributed by atoms with van der Waals surface area (Å²) in [7, 11) is 0. The lowest BCUT2D eigenvalue weighted by Crippen LogP contribution is -2.18. The van der Waals surface area contributed by atoms with E-state index < -0.39 is 0 Å². The molecule has 0 radical (unpaired) electrons. The summed E-state index contributed by atoms with van der Waals surface area (Å²) in [5.41, 5.74) is 3.15. The van der Waals surface area contributed by atoms with Crippen LogP contribution >= 0.6 is 0 Å². The van der Waals surface area contributed by atoms with Crippen LogP contribution in [-0.4, -0.2) is 15.7 Å². The van der Waals surface area contributed by atoms with Crippen LogP contribution in [0, 0.1) is 13.8 Å².